The highest BCUT2D eigenvalue weighted by atomic mass is 16.4. The Morgan fingerprint density at radius 2 is 2.00 bits per heavy atom. The number of carbonyl (C=O) groups excluding carboxylic acids is 1. The van der Waals surface area contributed by atoms with Crippen LogP contribution in [0.2, 0.25) is 0 Å². The maximum Gasteiger partial charge on any atom is 0.326 e. The molecule has 0 aromatic carbocycles. The van der Waals surface area contributed by atoms with Gasteiger partial charge in [-0.05, 0) is 48.6 Å². The minimum Gasteiger partial charge on any atom is -0.480 e. The van der Waals surface area contributed by atoms with E-state index in [1.165, 1.54) is 0 Å². The zero-order valence-electron chi connectivity index (χ0n) is 12.6. The van der Waals surface area contributed by atoms with Crippen molar-refractivity contribution < 1.29 is 19.1 Å². The van der Waals surface area contributed by atoms with Gasteiger partial charge in [0.05, 0.1) is 0 Å². The first-order valence-corrected chi connectivity index (χ1v) is 7.67. The van der Waals surface area contributed by atoms with Gasteiger partial charge in [-0.2, -0.15) is 0 Å². The number of nitrogens with one attached hydrogen (secondary N) is 1. The third-order valence-corrected chi connectivity index (χ3v) is 4.01. The molecule has 3 rings (SSSR count). The summed E-state index contributed by atoms with van der Waals surface area (Å²) in [7, 11) is 0. The maximum absolute atomic E-state index is 12.3. The van der Waals surface area contributed by atoms with Gasteiger partial charge in [0.25, 0.3) is 5.91 Å². The number of hydrogen-bond acceptors (Lipinski definition) is 4. The molecule has 2 aromatic rings. The summed E-state index contributed by atoms with van der Waals surface area (Å²) in [5.41, 5.74) is 1.86. The van der Waals surface area contributed by atoms with Crippen molar-refractivity contribution in [3.8, 4) is 0 Å². The number of rotatable bonds is 5. The van der Waals surface area contributed by atoms with Crippen molar-refractivity contribution in [3.05, 3.63) is 53.2 Å². The number of hydrogen-bond donors (Lipinski definition) is 2. The Hall–Kier alpha value is -2.63. The SMILES string of the molecule is O=C(NC(Cc1ccncc1)C(=O)O)c1cc2c(o1)CCCC2. The van der Waals surface area contributed by atoms with Crippen molar-refractivity contribution in [2.45, 2.75) is 38.1 Å². The second-order valence-corrected chi connectivity index (χ2v) is 5.69. The molecule has 2 heterocycles. The quantitative estimate of drug-likeness (QED) is 0.880. The number of pyridine rings is 1. The van der Waals surface area contributed by atoms with Crippen LogP contribution in [-0.2, 0) is 24.1 Å². The molecule has 0 aliphatic heterocycles. The molecule has 23 heavy (non-hydrogen) atoms. The number of carboxylic acid groups (broad SMARTS) is 1. The van der Waals surface area contributed by atoms with Crippen LogP contribution in [0, 0.1) is 0 Å². The number of furan rings is 1. The van der Waals surface area contributed by atoms with Crippen LogP contribution in [0.15, 0.2) is 35.0 Å². The van der Waals surface area contributed by atoms with Crippen LogP contribution >= 0.6 is 0 Å². The van der Waals surface area contributed by atoms with E-state index in [4.69, 9.17) is 4.42 Å². The lowest BCUT2D eigenvalue weighted by Crippen LogP contribution is -2.42. The van der Waals surface area contributed by atoms with Crippen molar-refractivity contribution in [2.24, 2.45) is 0 Å². The lowest BCUT2D eigenvalue weighted by molar-refractivity contribution is -0.139. The highest BCUT2D eigenvalue weighted by Crippen LogP contribution is 2.24. The fourth-order valence-electron chi connectivity index (χ4n) is 2.79. The van der Waals surface area contributed by atoms with Crippen LogP contribution in [0.25, 0.3) is 0 Å². The second kappa shape index (κ2) is 6.64. The molecule has 1 unspecified atom stereocenters. The minimum absolute atomic E-state index is 0.192. The zero-order chi connectivity index (χ0) is 16.2. The third kappa shape index (κ3) is 3.59. The Labute approximate surface area is 133 Å². The number of aromatic nitrogens is 1. The van der Waals surface area contributed by atoms with E-state index < -0.39 is 17.9 Å². The molecule has 0 saturated carbocycles. The van der Waals surface area contributed by atoms with E-state index in [2.05, 4.69) is 10.3 Å². The molecule has 2 aromatic heterocycles. The second-order valence-electron chi connectivity index (χ2n) is 5.69. The highest BCUT2D eigenvalue weighted by Gasteiger charge is 2.24. The molecule has 0 fully saturated rings. The summed E-state index contributed by atoms with van der Waals surface area (Å²) >= 11 is 0. The average Bonchev–Trinajstić information content (AvgIpc) is 2.99. The maximum atomic E-state index is 12.3. The summed E-state index contributed by atoms with van der Waals surface area (Å²) in [5, 5.41) is 11.9. The topological polar surface area (TPSA) is 92.4 Å². The summed E-state index contributed by atoms with van der Waals surface area (Å²) in [5.74, 6) is -0.521. The van der Waals surface area contributed by atoms with Crippen LogP contribution in [0.4, 0.5) is 0 Å². The molecular weight excluding hydrogens is 296 g/mol. The summed E-state index contributed by atoms with van der Waals surface area (Å²) < 4.78 is 5.58. The van der Waals surface area contributed by atoms with Crippen molar-refractivity contribution >= 4 is 11.9 Å². The molecule has 6 nitrogen and oxygen atoms in total. The first-order valence-electron chi connectivity index (χ1n) is 7.67. The van der Waals surface area contributed by atoms with Gasteiger partial charge in [0, 0.05) is 25.2 Å². The molecule has 0 bridgehead atoms. The molecule has 1 aliphatic carbocycles. The van der Waals surface area contributed by atoms with Gasteiger partial charge >= 0.3 is 5.97 Å². The van der Waals surface area contributed by atoms with Crippen LogP contribution in [-0.4, -0.2) is 28.0 Å². The monoisotopic (exact) mass is 314 g/mol. The summed E-state index contributed by atoms with van der Waals surface area (Å²) in [4.78, 5) is 27.6. The van der Waals surface area contributed by atoms with Crippen molar-refractivity contribution in [3.63, 3.8) is 0 Å². The Balaban J connectivity index is 1.71. The van der Waals surface area contributed by atoms with Crippen molar-refractivity contribution in [2.75, 3.05) is 0 Å². The molecule has 6 heteroatoms. The molecule has 0 radical (unpaired) electrons. The number of aliphatic carboxylic acids is 1. The summed E-state index contributed by atoms with van der Waals surface area (Å²) in [6, 6.07) is 4.18. The lowest BCUT2D eigenvalue weighted by Gasteiger charge is -2.13. The first kappa shape index (κ1) is 15.3. The molecular formula is C17H18N2O4. The fourth-order valence-corrected chi connectivity index (χ4v) is 2.79. The van der Waals surface area contributed by atoms with Crippen LogP contribution in [0.1, 0.15) is 40.3 Å². The van der Waals surface area contributed by atoms with Crippen molar-refractivity contribution in [1.82, 2.24) is 10.3 Å². The molecule has 1 atom stereocenters. The van der Waals surface area contributed by atoms with Gasteiger partial charge in [-0.15, -0.1) is 0 Å². The smallest absolute Gasteiger partial charge is 0.326 e. The zero-order valence-corrected chi connectivity index (χ0v) is 12.6. The van der Waals surface area contributed by atoms with Gasteiger partial charge in [-0.25, -0.2) is 4.79 Å². The van der Waals surface area contributed by atoms with Gasteiger partial charge in [-0.1, -0.05) is 0 Å². The van der Waals surface area contributed by atoms with E-state index in [0.29, 0.717) is 0 Å². The van der Waals surface area contributed by atoms with Crippen molar-refractivity contribution in [1.29, 1.82) is 0 Å². The van der Waals surface area contributed by atoms with Gasteiger partial charge in [0.2, 0.25) is 0 Å². The number of amides is 1. The molecule has 1 amide bonds. The normalized spacial score (nSPS) is 14.8. The number of carboxylic acids is 1. The third-order valence-electron chi connectivity index (χ3n) is 4.01. The number of fused-ring (bicyclic) bond motifs is 1. The van der Waals surface area contributed by atoms with Gasteiger partial charge in [-0.3, -0.25) is 9.78 Å². The summed E-state index contributed by atoms with van der Waals surface area (Å²) in [6.45, 7) is 0. The van der Waals surface area contributed by atoms with E-state index in [9.17, 15) is 14.7 Å². The Kier molecular flexibility index (Phi) is 4.41. The predicted molar refractivity (Wildman–Crippen MR) is 82.2 cm³/mol. The van der Waals surface area contributed by atoms with E-state index >= 15 is 0 Å². The summed E-state index contributed by atoms with van der Waals surface area (Å²) in [6.07, 6.45) is 7.28. The number of aryl methyl sites for hydroxylation is 2. The molecule has 0 spiro atoms. The van der Waals surface area contributed by atoms with Crippen LogP contribution in [0.5, 0.6) is 0 Å². The van der Waals surface area contributed by atoms with E-state index in [1.54, 1.807) is 30.6 Å². The Bertz CT molecular complexity index is 685. The lowest BCUT2D eigenvalue weighted by atomic mass is 9.99. The Morgan fingerprint density at radius 1 is 1.26 bits per heavy atom. The Morgan fingerprint density at radius 3 is 2.70 bits per heavy atom. The van der Waals surface area contributed by atoms with Gasteiger partial charge in [0.15, 0.2) is 5.76 Å². The molecule has 0 saturated heterocycles. The van der Waals surface area contributed by atoms with Crippen LogP contribution < -0.4 is 5.32 Å². The average molecular weight is 314 g/mol. The van der Waals surface area contributed by atoms with E-state index in [-0.39, 0.29) is 12.2 Å². The minimum atomic E-state index is -1.08. The molecule has 1 aliphatic rings. The standard InChI is InChI=1S/C17H18N2O4/c20-16(15-10-12-3-1-2-4-14(12)23-15)19-13(17(21)22)9-11-5-7-18-8-6-11/h5-8,10,13H,1-4,9H2,(H,19,20)(H,21,22). The molecule has 120 valence electrons. The fraction of sp³-hybridized carbons (Fsp3) is 0.353. The molecule has 2 N–H and O–H groups in total. The number of carbonyl (C=O) groups is 2. The largest absolute Gasteiger partial charge is 0.480 e. The van der Waals surface area contributed by atoms with E-state index in [0.717, 1.165) is 42.6 Å². The predicted octanol–water partition coefficient (Wildman–Crippen LogP) is 1.98. The first-order chi connectivity index (χ1) is 11.1. The highest BCUT2D eigenvalue weighted by molar-refractivity contribution is 5.94. The van der Waals surface area contributed by atoms with Gasteiger partial charge < -0.3 is 14.8 Å². The number of nitrogens with zero attached hydrogens (tertiary/aromatic N) is 1. The van der Waals surface area contributed by atoms with Crippen LogP contribution in [0.3, 0.4) is 0 Å². The van der Waals surface area contributed by atoms with E-state index in [1.807, 2.05) is 0 Å². The van der Waals surface area contributed by atoms with Gasteiger partial charge in [0.1, 0.15) is 11.8 Å².